The molecule has 1 atom stereocenters. The summed E-state index contributed by atoms with van der Waals surface area (Å²) in [6.45, 7) is 4.42. The Hall–Kier alpha value is -6.62. The van der Waals surface area contributed by atoms with Crippen LogP contribution in [0.3, 0.4) is 0 Å². The smallest absolute Gasteiger partial charge is 0.322 e. The molecule has 1 unspecified atom stereocenters. The Labute approximate surface area is 322 Å². The second kappa shape index (κ2) is 18.1. The average molecular weight is 766 g/mol. The van der Waals surface area contributed by atoms with Gasteiger partial charge in [0.1, 0.15) is 17.5 Å². The van der Waals surface area contributed by atoms with Gasteiger partial charge in [0.25, 0.3) is 17.7 Å². The second-order valence-electron chi connectivity index (χ2n) is 13.5. The van der Waals surface area contributed by atoms with Gasteiger partial charge in [-0.15, -0.1) is 5.10 Å². The highest BCUT2D eigenvalue weighted by Gasteiger charge is 2.44. The van der Waals surface area contributed by atoms with Gasteiger partial charge in [-0.05, 0) is 85.8 Å². The van der Waals surface area contributed by atoms with Crippen LogP contribution in [0.1, 0.15) is 87.8 Å². The highest BCUT2D eigenvalue weighted by molar-refractivity contribution is 6.23. The Morgan fingerprint density at radius 1 is 0.946 bits per heavy atom. The molecule has 2 aliphatic heterocycles. The molecule has 5 N–H and O–H groups in total. The zero-order chi connectivity index (χ0) is 39.6. The van der Waals surface area contributed by atoms with Crippen molar-refractivity contribution in [3.8, 4) is 5.75 Å². The number of urea groups is 1. The number of benzene rings is 3. The fourth-order valence-corrected chi connectivity index (χ4v) is 6.35. The molecule has 17 heteroatoms. The number of amides is 7. The van der Waals surface area contributed by atoms with Gasteiger partial charge in [-0.2, -0.15) is 0 Å². The first-order valence-electron chi connectivity index (χ1n) is 18.4. The van der Waals surface area contributed by atoms with Gasteiger partial charge in [0, 0.05) is 43.0 Å². The normalized spacial score (nSPS) is 15.0. The topological polar surface area (TPSA) is 217 Å². The van der Waals surface area contributed by atoms with E-state index < -0.39 is 35.6 Å². The number of carbonyl (C=O) groups is 6. The number of hydrogen-bond donors (Lipinski definition) is 5. The molecule has 0 spiro atoms. The number of hydroxylamine groups is 1. The van der Waals surface area contributed by atoms with Crippen LogP contribution in [-0.4, -0.2) is 84.8 Å². The van der Waals surface area contributed by atoms with Crippen molar-refractivity contribution in [2.45, 2.75) is 71.1 Å². The lowest BCUT2D eigenvalue weighted by atomic mass is 10.0. The van der Waals surface area contributed by atoms with Crippen molar-refractivity contribution in [1.29, 1.82) is 0 Å². The lowest BCUT2D eigenvalue weighted by molar-refractivity contribution is -0.136. The number of nitrogens with zero attached hydrogens (tertiary/aromatic N) is 5. The standard InChI is InChI=1S/C39H43N9O8/c1-2-3-18-46(23-25-6-8-26(9-7-25)35(50)44-55)39(54)41-27-10-13-30(14-11-27)56-20-5-4-19-47-24-29(43-45-47)22-40-28-12-15-31-32(21-28)38(53)48(37(31)52)33-16-17-34(49)42-36(33)51/h6-15,21,24,33,40,55H,2-5,16-20,22-23H2,1H3,(H,41,54)(H,44,50)(H,42,49,51). The van der Waals surface area contributed by atoms with Crippen LogP contribution in [0, 0.1) is 0 Å². The summed E-state index contributed by atoms with van der Waals surface area (Å²) in [6, 6.07) is 17.4. The number of nitrogens with one attached hydrogen (secondary N) is 4. The Morgan fingerprint density at radius 3 is 2.43 bits per heavy atom. The summed E-state index contributed by atoms with van der Waals surface area (Å²) in [4.78, 5) is 77.3. The molecule has 1 fully saturated rings. The molecule has 6 rings (SSSR count). The van der Waals surface area contributed by atoms with Gasteiger partial charge < -0.3 is 20.3 Å². The maximum Gasteiger partial charge on any atom is 0.322 e. The molecule has 0 aliphatic carbocycles. The van der Waals surface area contributed by atoms with Gasteiger partial charge in [0.05, 0.1) is 30.5 Å². The molecule has 0 saturated carbocycles. The SMILES string of the molecule is CCCCN(Cc1ccc(C(=O)NO)cc1)C(=O)Nc1ccc(OCCCCn2cc(CNc3ccc4c(c3)C(=O)N(C3CCC(=O)NC3=O)C4=O)nn2)cc1. The second-order valence-corrected chi connectivity index (χ2v) is 13.5. The lowest BCUT2D eigenvalue weighted by Crippen LogP contribution is -2.54. The highest BCUT2D eigenvalue weighted by Crippen LogP contribution is 2.30. The molecule has 4 aromatic rings. The highest BCUT2D eigenvalue weighted by atomic mass is 16.5. The summed E-state index contributed by atoms with van der Waals surface area (Å²) >= 11 is 0. The largest absolute Gasteiger partial charge is 0.494 e. The minimum atomic E-state index is -1.02. The van der Waals surface area contributed by atoms with E-state index in [9.17, 15) is 28.8 Å². The number of carbonyl (C=O) groups excluding carboxylic acids is 6. The Kier molecular flexibility index (Phi) is 12.7. The predicted molar refractivity (Wildman–Crippen MR) is 202 cm³/mol. The molecule has 292 valence electrons. The first-order chi connectivity index (χ1) is 27.1. The number of hydrogen-bond acceptors (Lipinski definition) is 11. The van der Waals surface area contributed by atoms with Crippen LogP contribution in [0.5, 0.6) is 5.75 Å². The molecule has 3 heterocycles. The molecule has 1 saturated heterocycles. The quantitative estimate of drug-likeness (QED) is 0.0446. The summed E-state index contributed by atoms with van der Waals surface area (Å²) in [6.07, 6.45) is 5.29. The molecule has 3 aromatic carbocycles. The average Bonchev–Trinajstić information content (AvgIpc) is 3.76. The third-order valence-electron chi connectivity index (χ3n) is 9.42. The Bertz CT molecular complexity index is 2080. The molecule has 1 aromatic heterocycles. The predicted octanol–water partition coefficient (Wildman–Crippen LogP) is 4.10. The first kappa shape index (κ1) is 39.1. The summed E-state index contributed by atoms with van der Waals surface area (Å²) in [5.41, 5.74) is 5.09. The number of aryl methyl sites for hydroxylation is 1. The van der Waals surface area contributed by atoms with Crippen molar-refractivity contribution >= 4 is 46.9 Å². The number of aromatic nitrogens is 3. The fourth-order valence-electron chi connectivity index (χ4n) is 6.35. The van der Waals surface area contributed by atoms with Crippen molar-refractivity contribution < 1.29 is 38.7 Å². The van der Waals surface area contributed by atoms with Gasteiger partial charge in [0.15, 0.2) is 0 Å². The van der Waals surface area contributed by atoms with Crippen molar-refractivity contribution in [2.24, 2.45) is 0 Å². The molecule has 0 radical (unpaired) electrons. The molecular formula is C39H43N9O8. The number of unbranched alkanes of at least 4 members (excludes halogenated alkanes) is 2. The molecule has 17 nitrogen and oxygen atoms in total. The van der Waals surface area contributed by atoms with Gasteiger partial charge in [0.2, 0.25) is 11.8 Å². The van der Waals surface area contributed by atoms with E-state index in [0.717, 1.165) is 36.1 Å². The summed E-state index contributed by atoms with van der Waals surface area (Å²) in [5.74, 6) is -2.13. The third kappa shape index (κ3) is 9.54. The van der Waals surface area contributed by atoms with Crippen LogP contribution in [0.15, 0.2) is 72.9 Å². The number of rotatable bonds is 17. The van der Waals surface area contributed by atoms with Crippen molar-refractivity contribution in [2.75, 3.05) is 23.8 Å². The van der Waals surface area contributed by atoms with E-state index in [0.29, 0.717) is 61.2 Å². The lowest BCUT2D eigenvalue weighted by Gasteiger charge is -2.27. The Balaban J connectivity index is 0.907. The van der Waals surface area contributed by atoms with Crippen LogP contribution >= 0.6 is 0 Å². The van der Waals surface area contributed by atoms with E-state index >= 15 is 0 Å². The molecule has 56 heavy (non-hydrogen) atoms. The number of piperidine rings is 1. The van der Waals surface area contributed by atoms with Crippen LogP contribution in [-0.2, 0) is 29.2 Å². The molecule has 0 bridgehead atoms. The zero-order valence-electron chi connectivity index (χ0n) is 30.8. The van der Waals surface area contributed by atoms with Crippen LogP contribution in [0.2, 0.25) is 0 Å². The van der Waals surface area contributed by atoms with Crippen LogP contribution in [0.25, 0.3) is 0 Å². The fraction of sp³-hybridized carbons (Fsp3) is 0.333. The summed E-state index contributed by atoms with van der Waals surface area (Å²) in [7, 11) is 0. The third-order valence-corrected chi connectivity index (χ3v) is 9.42. The van der Waals surface area contributed by atoms with Crippen LogP contribution < -0.4 is 26.2 Å². The van der Waals surface area contributed by atoms with E-state index in [4.69, 9.17) is 9.94 Å². The van der Waals surface area contributed by atoms with Crippen molar-refractivity contribution in [3.63, 3.8) is 0 Å². The minimum absolute atomic E-state index is 0.0569. The van der Waals surface area contributed by atoms with Crippen LogP contribution in [0.4, 0.5) is 16.2 Å². The van der Waals surface area contributed by atoms with E-state index in [2.05, 4.69) is 33.2 Å². The van der Waals surface area contributed by atoms with E-state index in [1.54, 1.807) is 81.8 Å². The van der Waals surface area contributed by atoms with E-state index in [1.165, 1.54) is 0 Å². The maximum atomic E-state index is 13.2. The van der Waals surface area contributed by atoms with Gasteiger partial charge >= 0.3 is 6.03 Å². The van der Waals surface area contributed by atoms with Crippen molar-refractivity contribution in [3.05, 3.63) is 101 Å². The van der Waals surface area contributed by atoms with Gasteiger partial charge in [-0.25, -0.2) is 10.3 Å². The zero-order valence-corrected chi connectivity index (χ0v) is 30.8. The monoisotopic (exact) mass is 765 g/mol. The first-order valence-corrected chi connectivity index (χ1v) is 18.4. The van der Waals surface area contributed by atoms with Gasteiger partial charge in [-0.3, -0.25) is 44.1 Å². The summed E-state index contributed by atoms with van der Waals surface area (Å²) in [5, 5.41) is 25.6. The number of fused-ring (bicyclic) bond motifs is 1. The number of ether oxygens (including phenoxy) is 1. The van der Waals surface area contributed by atoms with E-state index in [1.807, 2.05) is 6.20 Å². The van der Waals surface area contributed by atoms with Gasteiger partial charge in [-0.1, -0.05) is 30.7 Å². The summed E-state index contributed by atoms with van der Waals surface area (Å²) < 4.78 is 7.65. The molecule has 7 amide bonds. The maximum absolute atomic E-state index is 13.2. The number of anilines is 2. The van der Waals surface area contributed by atoms with E-state index in [-0.39, 0.29) is 30.0 Å². The molecular weight excluding hydrogens is 722 g/mol. The molecule has 2 aliphatic rings. The van der Waals surface area contributed by atoms with Crippen molar-refractivity contribution in [1.82, 2.24) is 35.6 Å². The Morgan fingerprint density at radius 2 is 1.70 bits per heavy atom. The minimum Gasteiger partial charge on any atom is -0.494 e. The number of imide groups is 2.